The van der Waals surface area contributed by atoms with Gasteiger partial charge in [0.2, 0.25) is 0 Å². The van der Waals surface area contributed by atoms with Gasteiger partial charge in [-0.2, -0.15) is 0 Å². The number of nitrogens with one attached hydrogen (secondary N) is 1. The molecule has 1 aliphatic heterocycles. The SMILES string of the molecule is CCOC(=O)Nc1ccc2c(c1C)N(C(=O)OCC)CN=C2. The Morgan fingerprint density at radius 1 is 1.27 bits per heavy atom. The molecular weight excluding hydrogens is 286 g/mol. The molecule has 22 heavy (non-hydrogen) atoms. The Kier molecular flexibility index (Phi) is 4.98. The maximum Gasteiger partial charge on any atom is 0.415 e. The third-order valence-electron chi connectivity index (χ3n) is 3.19. The van der Waals surface area contributed by atoms with Crippen LogP contribution in [-0.2, 0) is 9.47 Å². The summed E-state index contributed by atoms with van der Waals surface area (Å²) < 4.78 is 9.93. The van der Waals surface area contributed by atoms with E-state index in [0.717, 1.165) is 11.1 Å². The summed E-state index contributed by atoms with van der Waals surface area (Å²) in [4.78, 5) is 29.3. The molecule has 0 fully saturated rings. The van der Waals surface area contributed by atoms with Gasteiger partial charge in [0.25, 0.3) is 0 Å². The molecule has 0 saturated heterocycles. The number of rotatable bonds is 3. The van der Waals surface area contributed by atoms with Crippen LogP contribution in [0.4, 0.5) is 21.0 Å². The van der Waals surface area contributed by atoms with Gasteiger partial charge < -0.3 is 9.47 Å². The van der Waals surface area contributed by atoms with Crippen LogP contribution in [0.2, 0.25) is 0 Å². The van der Waals surface area contributed by atoms with Crippen molar-refractivity contribution in [2.75, 3.05) is 30.1 Å². The zero-order valence-electron chi connectivity index (χ0n) is 12.9. The van der Waals surface area contributed by atoms with Crippen molar-refractivity contribution in [3.63, 3.8) is 0 Å². The van der Waals surface area contributed by atoms with Crippen LogP contribution in [0, 0.1) is 6.92 Å². The number of carbonyl (C=O) groups excluding carboxylic acids is 2. The zero-order valence-corrected chi connectivity index (χ0v) is 12.9. The zero-order chi connectivity index (χ0) is 16.1. The molecule has 0 aromatic heterocycles. The minimum atomic E-state index is -0.530. The average Bonchev–Trinajstić information content (AvgIpc) is 2.50. The quantitative estimate of drug-likeness (QED) is 0.931. The second kappa shape index (κ2) is 6.93. The molecule has 2 amide bonds. The van der Waals surface area contributed by atoms with E-state index in [0.29, 0.717) is 11.4 Å². The van der Waals surface area contributed by atoms with Gasteiger partial charge in [0.15, 0.2) is 0 Å². The van der Waals surface area contributed by atoms with Crippen LogP contribution < -0.4 is 10.2 Å². The Morgan fingerprint density at radius 2 is 2.00 bits per heavy atom. The molecule has 1 aliphatic rings. The lowest BCUT2D eigenvalue weighted by atomic mass is 10.0. The number of carbonyl (C=O) groups is 2. The van der Waals surface area contributed by atoms with Crippen LogP contribution in [0.5, 0.6) is 0 Å². The van der Waals surface area contributed by atoms with E-state index >= 15 is 0 Å². The van der Waals surface area contributed by atoms with Crippen LogP contribution in [0.1, 0.15) is 25.0 Å². The first-order valence-corrected chi connectivity index (χ1v) is 7.10. The van der Waals surface area contributed by atoms with E-state index in [4.69, 9.17) is 9.47 Å². The van der Waals surface area contributed by atoms with E-state index in [1.165, 1.54) is 4.90 Å². The Hall–Kier alpha value is -2.57. The molecule has 7 heteroatoms. The molecule has 118 valence electrons. The van der Waals surface area contributed by atoms with E-state index in [9.17, 15) is 9.59 Å². The summed E-state index contributed by atoms with van der Waals surface area (Å²) in [6.07, 6.45) is 0.710. The van der Waals surface area contributed by atoms with Crippen LogP contribution in [0.25, 0.3) is 0 Å². The minimum Gasteiger partial charge on any atom is -0.450 e. The highest BCUT2D eigenvalue weighted by atomic mass is 16.6. The highest BCUT2D eigenvalue weighted by molar-refractivity contribution is 6.02. The normalized spacial score (nSPS) is 12.6. The topological polar surface area (TPSA) is 80.2 Å². The van der Waals surface area contributed by atoms with Crippen molar-refractivity contribution < 1.29 is 19.1 Å². The fourth-order valence-electron chi connectivity index (χ4n) is 2.24. The van der Waals surface area contributed by atoms with Crippen molar-refractivity contribution in [1.82, 2.24) is 0 Å². The molecule has 0 spiro atoms. The number of aliphatic imine (C=N–C) groups is 1. The standard InChI is InChI=1S/C15H19N3O4/c1-4-21-14(19)17-12-7-6-11-8-16-9-18(13(11)10(12)3)15(20)22-5-2/h6-8H,4-5,9H2,1-3H3,(H,17,19). The molecule has 1 aromatic carbocycles. The van der Waals surface area contributed by atoms with Crippen LogP contribution in [0.15, 0.2) is 17.1 Å². The third-order valence-corrected chi connectivity index (χ3v) is 3.19. The lowest BCUT2D eigenvalue weighted by Gasteiger charge is -2.27. The van der Waals surface area contributed by atoms with Crippen molar-refractivity contribution in [3.05, 3.63) is 23.3 Å². The summed E-state index contributed by atoms with van der Waals surface area (Å²) in [5.74, 6) is 0. The van der Waals surface area contributed by atoms with Gasteiger partial charge in [-0.05, 0) is 38.5 Å². The number of amides is 2. The Bertz CT molecular complexity index is 613. The van der Waals surface area contributed by atoms with Crippen LogP contribution >= 0.6 is 0 Å². The monoisotopic (exact) mass is 305 g/mol. The molecule has 0 aliphatic carbocycles. The number of anilines is 2. The molecule has 0 atom stereocenters. The largest absolute Gasteiger partial charge is 0.450 e. The highest BCUT2D eigenvalue weighted by Crippen LogP contribution is 2.32. The maximum absolute atomic E-state index is 12.1. The third kappa shape index (κ3) is 3.19. The molecular formula is C15H19N3O4. The van der Waals surface area contributed by atoms with Crippen LogP contribution in [-0.4, -0.2) is 38.3 Å². The molecule has 0 saturated carbocycles. The fraction of sp³-hybridized carbons (Fsp3) is 0.400. The smallest absolute Gasteiger partial charge is 0.415 e. The first-order chi connectivity index (χ1) is 10.6. The van der Waals surface area contributed by atoms with Gasteiger partial charge in [-0.25, -0.2) is 9.59 Å². The van der Waals surface area contributed by atoms with Gasteiger partial charge >= 0.3 is 12.2 Å². The van der Waals surface area contributed by atoms with Crippen molar-refractivity contribution in [1.29, 1.82) is 0 Å². The van der Waals surface area contributed by atoms with Gasteiger partial charge in [-0.3, -0.25) is 15.2 Å². The van der Waals surface area contributed by atoms with Gasteiger partial charge in [-0.15, -0.1) is 0 Å². The number of hydrogen-bond acceptors (Lipinski definition) is 5. The summed E-state index contributed by atoms with van der Waals surface area (Å²) in [7, 11) is 0. The predicted molar refractivity (Wildman–Crippen MR) is 83.8 cm³/mol. The van der Waals surface area contributed by atoms with Crippen molar-refractivity contribution in [2.24, 2.45) is 4.99 Å². The Labute approximate surface area is 128 Å². The van der Waals surface area contributed by atoms with E-state index in [1.807, 2.05) is 6.92 Å². The second-order valence-corrected chi connectivity index (χ2v) is 4.60. The van der Waals surface area contributed by atoms with Crippen molar-refractivity contribution >= 4 is 29.8 Å². The molecule has 0 bridgehead atoms. The van der Waals surface area contributed by atoms with E-state index in [-0.39, 0.29) is 19.9 Å². The summed E-state index contributed by atoms with van der Waals surface area (Å²) in [5, 5.41) is 2.67. The summed E-state index contributed by atoms with van der Waals surface area (Å²) in [5.41, 5.74) is 2.82. The molecule has 7 nitrogen and oxygen atoms in total. The Balaban J connectivity index is 2.35. The number of nitrogens with zero attached hydrogens (tertiary/aromatic N) is 2. The van der Waals surface area contributed by atoms with Crippen molar-refractivity contribution in [3.8, 4) is 0 Å². The number of benzene rings is 1. The van der Waals surface area contributed by atoms with Gasteiger partial charge in [0.1, 0.15) is 6.67 Å². The van der Waals surface area contributed by atoms with Crippen molar-refractivity contribution in [2.45, 2.75) is 20.8 Å². The van der Waals surface area contributed by atoms with Gasteiger partial charge in [0.05, 0.1) is 18.9 Å². The number of fused-ring (bicyclic) bond motifs is 1. The Morgan fingerprint density at radius 3 is 2.68 bits per heavy atom. The molecule has 1 heterocycles. The van der Waals surface area contributed by atoms with E-state index in [1.54, 1.807) is 32.2 Å². The highest BCUT2D eigenvalue weighted by Gasteiger charge is 2.25. The van der Waals surface area contributed by atoms with E-state index in [2.05, 4.69) is 10.3 Å². The van der Waals surface area contributed by atoms with Gasteiger partial charge in [-0.1, -0.05) is 0 Å². The number of ether oxygens (including phenoxy) is 2. The lowest BCUT2D eigenvalue weighted by Crippen LogP contribution is -2.35. The molecule has 1 N–H and O–H groups in total. The van der Waals surface area contributed by atoms with Crippen LogP contribution in [0.3, 0.4) is 0 Å². The maximum atomic E-state index is 12.1. The summed E-state index contributed by atoms with van der Waals surface area (Å²) >= 11 is 0. The number of hydrogen-bond donors (Lipinski definition) is 1. The molecule has 1 aromatic rings. The predicted octanol–water partition coefficient (Wildman–Crippen LogP) is 2.92. The average molecular weight is 305 g/mol. The van der Waals surface area contributed by atoms with Gasteiger partial charge in [0, 0.05) is 17.5 Å². The first-order valence-electron chi connectivity index (χ1n) is 7.10. The fourth-order valence-corrected chi connectivity index (χ4v) is 2.24. The molecule has 2 rings (SSSR count). The molecule has 0 unspecified atom stereocenters. The minimum absolute atomic E-state index is 0.190. The first kappa shape index (κ1) is 15.8. The molecule has 0 radical (unpaired) electrons. The lowest BCUT2D eigenvalue weighted by molar-refractivity contribution is 0.160. The summed E-state index contributed by atoms with van der Waals surface area (Å²) in [6, 6.07) is 3.55. The summed E-state index contributed by atoms with van der Waals surface area (Å²) in [6.45, 7) is 6.07. The second-order valence-electron chi connectivity index (χ2n) is 4.60. The van der Waals surface area contributed by atoms with E-state index < -0.39 is 12.2 Å².